The average Bonchev–Trinajstić information content (AvgIpc) is 3.00. The zero-order chi connectivity index (χ0) is 11.1. The molecule has 88 valence electrons. The first kappa shape index (κ1) is 12.8. The van der Waals surface area contributed by atoms with Gasteiger partial charge in [0.2, 0.25) is 5.91 Å². The fraction of sp³-hybridized carbons (Fsp3) is 0.909. The molecular formula is C11H22N2OS. The smallest absolute Gasteiger partial charge is 0.221 e. The first-order chi connectivity index (χ1) is 7.26. The Morgan fingerprint density at radius 3 is 2.80 bits per heavy atom. The largest absolute Gasteiger partial charge is 0.353 e. The molecule has 1 fully saturated rings. The van der Waals surface area contributed by atoms with Crippen molar-refractivity contribution >= 4 is 17.7 Å². The van der Waals surface area contributed by atoms with Gasteiger partial charge in [0.25, 0.3) is 0 Å². The maximum Gasteiger partial charge on any atom is 0.221 e. The lowest BCUT2D eigenvalue weighted by atomic mass is 10.2. The summed E-state index contributed by atoms with van der Waals surface area (Å²) in [7, 11) is 0. The zero-order valence-electron chi connectivity index (χ0n) is 9.71. The predicted octanol–water partition coefficient (Wildman–Crippen LogP) is 1.39. The standard InChI is InChI=1S/C11H22N2OS/c1-3-9(8-15-2)12-7-6-11(14)13-10-4-5-10/h9-10,12H,3-8H2,1-2H3,(H,13,14). The molecule has 15 heavy (non-hydrogen) atoms. The van der Waals surface area contributed by atoms with Crippen molar-refractivity contribution in [3.05, 3.63) is 0 Å². The topological polar surface area (TPSA) is 41.1 Å². The van der Waals surface area contributed by atoms with Gasteiger partial charge in [0.05, 0.1) is 0 Å². The summed E-state index contributed by atoms with van der Waals surface area (Å²) in [5.41, 5.74) is 0. The van der Waals surface area contributed by atoms with Crippen molar-refractivity contribution < 1.29 is 4.79 Å². The Kier molecular flexibility index (Phi) is 6.10. The van der Waals surface area contributed by atoms with E-state index in [-0.39, 0.29) is 5.91 Å². The van der Waals surface area contributed by atoms with Gasteiger partial charge in [-0.1, -0.05) is 6.92 Å². The minimum atomic E-state index is 0.198. The van der Waals surface area contributed by atoms with Gasteiger partial charge < -0.3 is 10.6 Å². The molecule has 0 heterocycles. The molecule has 0 aromatic carbocycles. The van der Waals surface area contributed by atoms with Crippen molar-refractivity contribution in [2.45, 2.75) is 44.7 Å². The molecule has 0 spiro atoms. The summed E-state index contributed by atoms with van der Waals surface area (Å²) in [5.74, 6) is 1.32. The van der Waals surface area contributed by atoms with Crippen molar-refractivity contribution in [3.63, 3.8) is 0 Å². The van der Waals surface area contributed by atoms with Crippen LogP contribution in [0.25, 0.3) is 0 Å². The molecule has 1 aliphatic carbocycles. The van der Waals surface area contributed by atoms with Crippen LogP contribution in [-0.4, -0.2) is 36.5 Å². The van der Waals surface area contributed by atoms with E-state index in [1.165, 1.54) is 12.8 Å². The fourth-order valence-corrected chi connectivity index (χ4v) is 2.20. The van der Waals surface area contributed by atoms with E-state index in [2.05, 4.69) is 23.8 Å². The Hall–Kier alpha value is -0.220. The number of carbonyl (C=O) groups excluding carboxylic acids is 1. The van der Waals surface area contributed by atoms with Gasteiger partial charge >= 0.3 is 0 Å². The molecule has 0 aliphatic heterocycles. The van der Waals surface area contributed by atoms with E-state index in [0.29, 0.717) is 18.5 Å². The predicted molar refractivity (Wildman–Crippen MR) is 66.2 cm³/mol. The molecular weight excluding hydrogens is 208 g/mol. The van der Waals surface area contributed by atoms with Crippen LogP contribution in [0.4, 0.5) is 0 Å². The number of rotatable bonds is 8. The van der Waals surface area contributed by atoms with Gasteiger partial charge in [0.15, 0.2) is 0 Å². The fourth-order valence-electron chi connectivity index (χ4n) is 1.44. The van der Waals surface area contributed by atoms with Crippen molar-refractivity contribution in [1.82, 2.24) is 10.6 Å². The van der Waals surface area contributed by atoms with Crippen molar-refractivity contribution in [3.8, 4) is 0 Å². The third kappa shape index (κ3) is 6.05. The highest BCUT2D eigenvalue weighted by atomic mass is 32.2. The minimum Gasteiger partial charge on any atom is -0.353 e. The molecule has 1 aliphatic rings. The van der Waals surface area contributed by atoms with Gasteiger partial charge in [-0.15, -0.1) is 0 Å². The molecule has 1 saturated carbocycles. The Morgan fingerprint density at radius 1 is 1.53 bits per heavy atom. The zero-order valence-corrected chi connectivity index (χ0v) is 10.5. The van der Waals surface area contributed by atoms with Crippen molar-refractivity contribution in [2.24, 2.45) is 0 Å². The number of hydrogen-bond donors (Lipinski definition) is 2. The molecule has 4 heteroatoms. The molecule has 0 aromatic heterocycles. The monoisotopic (exact) mass is 230 g/mol. The number of thioether (sulfide) groups is 1. The second-order valence-corrected chi connectivity index (χ2v) is 5.02. The van der Waals surface area contributed by atoms with Crippen LogP contribution >= 0.6 is 11.8 Å². The van der Waals surface area contributed by atoms with Gasteiger partial charge in [-0.3, -0.25) is 4.79 Å². The Labute approximate surface area is 96.8 Å². The van der Waals surface area contributed by atoms with Crippen LogP contribution in [0.3, 0.4) is 0 Å². The highest BCUT2D eigenvalue weighted by Gasteiger charge is 2.22. The van der Waals surface area contributed by atoms with E-state index in [0.717, 1.165) is 18.7 Å². The summed E-state index contributed by atoms with van der Waals surface area (Å²) in [6, 6.07) is 1.04. The Morgan fingerprint density at radius 2 is 2.27 bits per heavy atom. The van der Waals surface area contributed by atoms with Gasteiger partial charge in [-0.25, -0.2) is 0 Å². The van der Waals surface area contributed by atoms with Crippen molar-refractivity contribution in [1.29, 1.82) is 0 Å². The minimum absolute atomic E-state index is 0.198. The van der Waals surface area contributed by atoms with Crippen LogP contribution in [-0.2, 0) is 4.79 Å². The summed E-state index contributed by atoms with van der Waals surface area (Å²) >= 11 is 1.85. The molecule has 1 unspecified atom stereocenters. The maximum absolute atomic E-state index is 11.4. The molecule has 0 aromatic rings. The van der Waals surface area contributed by atoms with E-state index in [4.69, 9.17) is 0 Å². The summed E-state index contributed by atoms with van der Waals surface area (Å²) in [5, 5.41) is 6.41. The molecule has 0 bridgehead atoms. The van der Waals surface area contributed by atoms with Gasteiger partial charge in [-0.05, 0) is 25.5 Å². The van der Waals surface area contributed by atoms with Gasteiger partial charge in [0, 0.05) is 30.8 Å². The second kappa shape index (κ2) is 7.12. The number of amides is 1. The highest BCUT2D eigenvalue weighted by molar-refractivity contribution is 7.98. The molecule has 1 atom stereocenters. The van der Waals surface area contributed by atoms with E-state index < -0.39 is 0 Å². The summed E-state index contributed by atoms with van der Waals surface area (Å²) < 4.78 is 0. The maximum atomic E-state index is 11.4. The van der Waals surface area contributed by atoms with E-state index in [1.54, 1.807) is 0 Å². The third-order valence-electron chi connectivity index (χ3n) is 2.59. The summed E-state index contributed by atoms with van der Waals surface area (Å²) in [6.45, 7) is 2.98. The van der Waals surface area contributed by atoms with Gasteiger partial charge in [-0.2, -0.15) is 11.8 Å². The van der Waals surface area contributed by atoms with Crippen LogP contribution in [0.5, 0.6) is 0 Å². The molecule has 3 nitrogen and oxygen atoms in total. The molecule has 0 radical (unpaired) electrons. The average molecular weight is 230 g/mol. The number of hydrogen-bond acceptors (Lipinski definition) is 3. The first-order valence-corrected chi connectivity index (χ1v) is 7.17. The Bertz CT molecular complexity index is 195. The van der Waals surface area contributed by atoms with Crippen LogP contribution in [0.2, 0.25) is 0 Å². The third-order valence-corrected chi connectivity index (χ3v) is 3.32. The number of nitrogens with one attached hydrogen (secondary N) is 2. The van der Waals surface area contributed by atoms with Crippen LogP contribution in [0.1, 0.15) is 32.6 Å². The summed E-state index contributed by atoms with van der Waals surface area (Å²) in [4.78, 5) is 11.4. The first-order valence-electron chi connectivity index (χ1n) is 5.78. The van der Waals surface area contributed by atoms with Crippen LogP contribution in [0.15, 0.2) is 0 Å². The van der Waals surface area contributed by atoms with Gasteiger partial charge in [0.1, 0.15) is 0 Å². The van der Waals surface area contributed by atoms with Crippen LogP contribution in [0, 0.1) is 0 Å². The lowest BCUT2D eigenvalue weighted by molar-refractivity contribution is -0.121. The SMILES string of the molecule is CCC(CSC)NCCC(=O)NC1CC1. The lowest BCUT2D eigenvalue weighted by Crippen LogP contribution is -2.35. The van der Waals surface area contributed by atoms with Crippen LogP contribution < -0.4 is 10.6 Å². The quantitative estimate of drug-likeness (QED) is 0.662. The molecule has 1 amide bonds. The van der Waals surface area contributed by atoms with Crippen molar-refractivity contribution in [2.75, 3.05) is 18.6 Å². The highest BCUT2D eigenvalue weighted by Crippen LogP contribution is 2.18. The lowest BCUT2D eigenvalue weighted by Gasteiger charge is -2.15. The molecule has 1 rings (SSSR count). The van der Waals surface area contributed by atoms with E-state index >= 15 is 0 Å². The summed E-state index contributed by atoms with van der Waals surface area (Å²) in [6.07, 6.45) is 6.20. The van der Waals surface area contributed by atoms with E-state index in [9.17, 15) is 4.79 Å². The Balaban J connectivity index is 2.00. The molecule has 2 N–H and O–H groups in total. The second-order valence-electron chi connectivity index (χ2n) is 4.11. The number of carbonyl (C=O) groups is 1. The normalized spacial score (nSPS) is 17.5. The molecule has 0 saturated heterocycles. The van der Waals surface area contributed by atoms with E-state index in [1.807, 2.05) is 11.8 Å².